The Balaban J connectivity index is 1.99. The largest absolute Gasteiger partial charge is 0.375 e. The molecular formula is C15H20F2N2O2. The van der Waals surface area contributed by atoms with Crippen LogP contribution in [0.4, 0.5) is 14.5 Å². The topological polar surface area (TPSA) is 41.6 Å². The first-order chi connectivity index (χ1) is 10.0. The fraction of sp³-hybridized carbons (Fsp3) is 0.533. The molecule has 0 radical (unpaired) electrons. The molecule has 0 spiro atoms. The Labute approximate surface area is 123 Å². The van der Waals surface area contributed by atoms with Crippen molar-refractivity contribution < 1.29 is 18.3 Å². The zero-order chi connectivity index (χ0) is 15.4. The van der Waals surface area contributed by atoms with Gasteiger partial charge in [-0.2, -0.15) is 0 Å². The van der Waals surface area contributed by atoms with Gasteiger partial charge in [-0.15, -0.1) is 0 Å². The van der Waals surface area contributed by atoms with Gasteiger partial charge in [-0.05, 0) is 30.7 Å². The Morgan fingerprint density at radius 1 is 1.43 bits per heavy atom. The second-order valence-electron chi connectivity index (χ2n) is 5.11. The molecule has 1 amide bonds. The Morgan fingerprint density at radius 3 is 2.86 bits per heavy atom. The predicted octanol–water partition coefficient (Wildman–Crippen LogP) is 2.14. The third-order valence-electron chi connectivity index (χ3n) is 3.73. The summed E-state index contributed by atoms with van der Waals surface area (Å²) in [6, 6.07) is 5.92. The summed E-state index contributed by atoms with van der Waals surface area (Å²) in [7, 11) is 3.59. The van der Waals surface area contributed by atoms with E-state index in [9.17, 15) is 13.6 Å². The number of hydrogen-bond donors (Lipinski definition) is 1. The SMILES string of the molecule is CNC(CCOCC(F)F)c1ccc2c(c1)CC(=O)N2C. The molecule has 1 aliphatic heterocycles. The highest BCUT2D eigenvalue weighted by molar-refractivity contribution is 6.00. The van der Waals surface area contributed by atoms with E-state index in [1.807, 2.05) is 25.2 Å². The van der Waals surface area contributed by atoms with Gasteiger partial charge in [0.1, 0.15) is 6.61 Å². The lowest BCUT2D eigenvalue weighted by Crippen LogP contribution is -2.20. The van der Waals surface area contributed by atoms with Crippen molar-refractivity contribution >= 4 is 11.6 Å². The van der Waals surface area contributed by atoms with Gasteiger partial charge < -0.3 is 15.0 Å². The number of halogens is 2. The van der Waals surface area contributed by atoms with Gasteiger partial charge in [-0.25, -0.2) is 8.78 Å². The monoisotopic (exact) mass is 298 g/mol. The van der Waals surface area contributed by atoms with E-state index in [1.54, 1.807) is 11.9 Å². The molecule has 0 aliphatic carbocycles. The predicted molar refractivity (Wildman–Crippen MR) is 76.8 cm³/mol. The third-order valence-corrected chi connectivity index (χ3v) is 3.73. The molecule has 0 aromatic heterocycles. The average Bonchev–Trinajstić information content (AvgIpc) is 2.73. The average molecular weight is 298 g/mol. The quantitative estimate of drug-likeness (QED) is 0.784. The standard InChI is InChI=1S/C15H20F2N2O2/c1-18-12(5-6-21-9-14(16)17)10-3-4-13-11(7-10)8-15(20)19(13)2/h3-4,7,12,14,18H,5-6,8-9H2,1-2H3. The number of carbonyl (C=O) groups excluding carboxylic acids is 1. The van der Waals surface area contributed by atoms with Crippen LogP contribution in [0.3, 0.4) is 0 Å². The number of amides is 1. The van der Waals surface area contributed by atoms with Crippen LogP contribution >= 0.6 is 0 Å². The first kappa shape index (κ1) is 15.9. The van der Waals surface area contributed by atoms with Crippen LogP contribution < -0.4 is 10.2 Å². The minimum absolute atomic E-state index is 0.0222. The lowest BCUT2D eigenvalue weighted by molar-refractivity contribution is -0.117. The normalized spacial score (nSPS) is 15.7. The van der Waals surface area contributed by atoms with E-state index in [-0.39, 0.29) is 18.6 Å². The van der Waals surface area contributed by atoms with E-state index in [0.717, 1.165) is 16.8 Å². The Hall–Kier alpha value is -1.53. The number of fused-ring (bicyclic) bond motifs is 1. The number of nitrogens with one attached hydrogen (secondary N) is 1. The molecular weight excluding hydrogens is 278 g/mol. The van der Waals surface area contributed by atoms with Crippen molar-refractivity contribution in [2.24, 2.45) is 0 Å². The molecule has 0 fully saturated rings. The molecule has 1 aromatic carbocycles. The maximum absolute atomic E-state index is 12.0. The maximum Gasteiger partial charge on any atom is 0.261 e. The molecule has 1 unspecified atom stereocenters. The zero-order valence-corrected chi connectivity index (χ0v) is 12.2. The minimum atomic E-state index is -2.43. The lowest BCUT2D eigenvalue weighted by atomic mass is 10.0. The Morgan fingerprint density at radius 2 is 2.19 bits per heavy atom. The van der Waals surface area contributed by atoms with Crippen molar-refractivity contribution in [1.82, 2.24) is 5.32 Å². The summed E-state index contributed by atoms with van der Waals surface area (Å²) in [6.07, 6.45) is -1.41. The second-order valence-corrected chi connectivity index (χ2v) is 5.11. The highest BCUT2D eigenvalue weighted by Gasteiger charge is 2.24. The van der Waals surface area contributed by atoms with Crippen LogP contribution in [-0.2, 0) is 16.0 Å². The number of rotatable bonds is 7. The van der Waals surface area contributed by atoms with Gasteiger partial charge in [0.05, 0.1) is 6.42 Å². The molecule has 0 saturated carbocycles. The fourth-order valence-corrected chi connectivity index (χ4v) is 2.56. The van der Waals surface area contributed by atoms with E-state index in [4.69, 9.17) is 4.74 Å². The van der Waals surface area contributed by atoms with Crippen molar-refractivity contribution in [3.63, 3.8) is 0 Å². The first-order valence-electron chi connectivity index (χ1n) is 6.95. The molecule has 116 valence electrons. The second kappa shape index (κ2) is 6.95. The van der Waals surface area contributed by atoms with Crippen LogP contribution in [0.2, 0.25) is 0 Å². The minimum Gasteiger partial charge on any atom is -0.375 e. The van der Waals surface area contributed by atoms with Crippen molar-refractivity contribution in [1.29, 1.82) is 0 Å². The summed E-state index contributed by atoms with van der Waals surface area (Å²) in [4.78, 5) is 13.3. The molecule has 4 nitrogen and oxygen atoms in total. The molecule has 21 heavy (non-hydrogen) atoms. The number of carbonyl (C=O) groups is 1. The van der Waals surface area contributed by atoms with Crippen LogP contribution in [-0.4, -0.2) is 39.6 Å². The zero-order valence-electron chi connectivity index (χ0n) is 12.2. The van der Waals surface area contributed by atoms with E-state index >= 15 is 0 Å². The summed E-state index contributed by atoms with van der Waals surface area (Å²) in [5, 5.41) is 3.15. The van der Waals surface area contributed by atoms with Crippen molar-refractivity contribution in [3.8, 4) is 0 Å². The Kier molecular flexibility index (Phi) is 5.25. The highest BCUT2D eigenvalue weighted by Crippen LogP contribution is 2.30. The van der Waals surface area contributed by atoms with Crippen molar-refractivity contribution in [2.75, 3.05) is 32.2 Å². The van der Waals surface area contributed by atoms with E-state index in [0.29, 0.717) is 12.8 Å². The summed E-state index contributed by atoms with van der Waals surface area (Å²) < 4.78 is 28.9. The molecule has 0 saturated heterocycles. The van der Waals surface area contributed by atoms with E-state index < -0.39 is 13.0 Å². The van der Waals surface area contributed by atoms with Gasteiger partial charge in [0.15, 0.2) is 0 Å². The molecule has 1 atom stereocenters. The van der Waals surface area contributed by atoms with Crippen LogP contribution in [0, 0.1) is 0 Å². The van der Waals surface area contributed by atoms with Crippen LogP contribution in [0.25, 0.3) is 0 Å². The summed E-state index contributed by atoms with van der Waals surface area (Å²) in [6.45, 7) is -0.258. The number of likely N-dealkylation sites (N-methyl/N-ethyl adjacent to an activating group) is 1. The van der Waals surface area contributed by atoms with Gasteiger partial charge in [-0.3, -0.25) is 4.79 Å². The summed E-state index contributed by atoms with van der Waals surface area (Å²) in [5.74, 6) is 0.0865. The van der Waals surface area contributed by atoms with E-state index in [1.165, 1.54) is 0 Å². The molecule has 2 rings (SSSR count). The lowest BCUT2D eigenvalue weighted by Gasteiger charge is -2.18. The maximum atomic E-state index is 12.0. The smallest absolute Gasteiger partial charge is 0.261 e. The molecule has 6 heteroatoms. The number of benzene rings is 1. The Bertz CT molecular complexity index is 508. The van der Waals surface area contributed by atoms with Crippen molar-refractivity contribution in [2.45, 2.75) is 25.3 Å². The molecule has 1 aliphatic rings. The van der Waals surface area contributed by atoms with Gasteiger partial charge in [0, 0.05) is 25.4 Å². The number of nitrogens with zero attached hydrogens (tertiary/aromatic N) is 1. The number of alkyl halides is 2. The third kappa shape index (κ3) is 3.77. The molecule has 0 bridgehead atoms. The summed E-state index contributed by atoms with van der Waals surface area (Å²) >= 11 is 0. The van der Waals surface area contributed by atoms with Gasteiger partial charge in [-0.1, -0.05) is 12.1 Å². The van der Waals surface area contributed by atoms with Gasteiger partial charge in [0.2, 0.25) is 5.91 Å². The summed E-state index contributed by atoms with van der Waals surface area (Å²) in [5.41, 5.74) is 2.99. The fourth-order valence-electron chi connectivity index (χ4n) is 2.56. The molecule has 1 heterocycles. The van der Waals surface area contributed by atoms with Crippen LogP contribution in [0.5, 0.6) is 0 Å². The number of ether oxygens (including phenoxy) is 1. The number of anilines is 1. The molecule has 1 aromatic rings. The van der Waals surface area contributed by atoms with Crippen molar-refractivity contribution in [3.05, 3.63) is 29.3 Å². The first-order valence-corrected chi connectivity index (χ1v) is 6.95. The van der Waals surface area contributed by atoms with Crippen LogP contribution in [0.15, 0.2) is 18.2 Å². The highest BCUT2D eigenvalue weighted by atomic mass is 19.3. The van der Waals surface area contributed by atoms with E-state index in [2.05, 4.69) is 5.32 Å². The van der Waals surface area contributed by atoms with Gasteiger partial charge >= 0.3 is 0 Å². The molecule has 1 N–H and O–H groups in total. The van der Waals surface area contributed by atoms with Gasteiger partial charge in [0.25, 0.3) is 6.43 Å². The number of hydrogen-bond acceptors (Lipinski definition) is 3. The van der Waals surface area contributed by atoms with Crippen LogP contribution in [0.1, 0.15) is 23.6 Å².